The van der Waals surface area contributed by atoms with Crippen LogP contribution in [0.5, 0.6) is 5.75 Å². The van der Waals surface area contributed by atoms with Gasteiger partial charge in [0.25, 0.3) is 0 Å². The van der Waals surface area contributed by atoms with Gasteiger partial charge in [-0.05, 0) is 18.9 Å². The predicted molar refractivity (Wildman–Crippen MR) is 128 cm³/mol. The summed E-state index contributed by atoms with van der Waals surface area (Å²) in [5, 5.41) is 9.33. The molecule has 0 aliphatic carbocycles. The smallest absolute Gasteiger partial charge is 0.341 e. The van der Waals surface area contributed by atoms with Crippen molar-refractivity contribution in [3.05, 3.63) is 33.9 Å². The van der Waals surface area contributed by atoms with Gasteiger partial charge in [-0.15, -0.1) is 0 Å². The van der Waals surface area contributed by atoms with Gasteiger partial charge >= 0.3 is 5.97 Å². The number of pyridine rings is 1. The van der Waals surface area contributed by atoms with Crippen molar-refractivity contribution >= 4 is 22.6 Å². The van der Waals surface area contributed by atoms with Gasteiger partial charge in [0.05, 0.1) is 16.9 Å². The first-order valence-electron chi connectivity index (χ1n) is 10.7. The topological polar surface area (TPSA) is 97.8 Å². The Kier molecular flexibility index (Phi) is 113. The minimum atomic E-state index is -1.33. The van der Waals surface area contributed by atoms with Crippen LogP contribution in [0.15, 0.2) is 17.1 Å². The molecule has 1 aromatic heterocycles. The van der Waals surface area contributed by atoms with E-state index < -0.39 is 17.2 Å². The Morgan fingerprint density at radius 3 is 1.29 bits per heavy atom. The Morgan fingerprint density at radius 1 is 0.661 bits per heavy atom. The van der Waals surface area contributed by atoms with Crippen LogP contribution in [-0.2, 0) is 0 Å². The Hall–Kier alpha value is -4.71. The number of carboxylic acids is 1. The lowest BCUT2D eigenvalue weighted by atomic mass is 10.1. The monoisotopic (exact) mass is 931 g/mol. The summed E-state index contributed by atoms with van der Waals surface area (Å²) >= 11 is 0. The second kappa shape index (κ2) is 75.3. The highest BCUT2D eigenvalue weighted by atomic mass is 20.0. The average Bonchev–Trinajstić information content (AvgIpc) is 3.66. The van der Waals surface area contributed by atoms with Crippen LogP contribution in [0.1, 0.15) is 30.2 Å². The third-order valence-electron chi connectivity index (χ3n) is 5.36. The van der Waals surface area contributed by atoms with Crippen molar-refractivity contribution in [1.82, 2.24) is 4.57 Å². The average molecular weight is 931 g/mol. The maximum absolute atomic E-state index is 15.0. The standard InChI is InChI=1S/C18H20FN3O4.15F2/c1-8-4-21(6-13(8)20)15-12(19)3-10-14-17(15)26-7-9(2)22(14)5-11(16(10)23)18(24)25;15*1-2/h3,5,8-9,13H,4,6-7,20H2,1-2H3,(H,24,25);;;;;;;;;;;;;;;/t8-,9-,13+;;;;;;;;;;;;;;;/m0.............../s1. The van der Waals surface area contributed by atoms with E-state index >= 15 is 0 Å². The van der Waals surface area contributed by atoms with Crippen LogP contribution in [0.2, 0.25) is 0 Å². The van der Waals surface area contributed by atoms with E-state index in [2.05, 4.69) is 0 Å². The van der Waals surface area contributed by atoms with E-state index in [9.17, 15) is 19.1 Å². The molecule has 2 aliphatic rings. The van der Waals surface area contributed by atoms with Gasteiger partial charge in [0.15, 0.2) is 11.6 Å². The maximum Gasteiger partial charge on any atom is 0.341 e. The molecule has 2 aliphatic heterocycles. The Balaban J connectivity index is -0.0000000548. The van der Waals surface area contributed by atoms with E-state index in [1.165, 1.54) is 6.20 Å². The van der Waals surface area contributed by atoms with Crippen LogP contribution in [-0.4, -0.2) is 41.4 Å². The number of nitrogens with zero attached hydrogens (tertiary/aromatic N) is 2. The molecule has 7 nitrogen and oxygen atoms in total. The molecular weight excluding hydrogens is 911 g/mol. The summed E-state index contributed by atoms with van der Waals surface area (Å²) in [7, 11) is 0. The number of halogens is 31. The first-order chi connectivity index (χ1) is 27.3. The van der Waals surface area contributed by atoms with E-state index in [0.717, 1.165) is 6.07 Å². The number of aromatic nitrogens is 1. The fourth-order valence-corrected chi connectivity index (χ4v) is 3.83. The van der Waals surface area contributed by atoms with Crippen molar-refractivity contribution in [3.8, 4) is 5.75 Å². The predicted octanol–water partition coefficient (Wildman–Crippen LogP) is 14.2. The summed E-state index contributed by atoms with van der Waals surface area (Å²) in [6.45, 7) is 5.21. The fourth-order valence-electron chi connectivity index (χ4n) is 3.83. The zero-order valence-corrected chi connectivity index (χ0v) is 25.9. The molecule has 1 saturated heterocycles. The van der Waals surface area contributed by atoms with E-state index in [1.807, 2.05) is 18.7 Å². The molecule has 0 bridgehead atoms. The first-order valence-corrected chi connectivity index (χ1v) is 10.7. The minimum Gasteiger partial charge on any atom is -0.487 e. The van der Waals surface area contributed by atoms with Gasteiger partial charge < -0.3 is 25.0 Å². The summed E-state index contributed by atoms with van der Waals surface area (Å²) in [6.07, 6.45) is 1.32. The minimum absolute atomic E-state index is 0.0178. The van der Waals surface area contributed by atoms with E-state index in [4.69, 9.17) is 148 Å². The van der Waals surface area contributed by atoms with Gasteiger partial charge in [0.1, 0.15) is 17.9 Å². The molecule has 0 radical (unpaired) electrons. The zero-order valence-electron chi connectivity index (χ0n) is 25.9. The van der Waals surface area contributed by atoms with Gasteiger partial charge in [0, 0.05) is 163 Å². The number of aromatic carboxylic acids is 1. The van der Waals surface area contributed by atoms with Crippen LogP contribution < -0.4 is 20.8 Å². The molecular formula is C18H20F31N3O4. The molecule has 348 valence electrons. The number of rotatable bonds is 2. The summed E-state index contributed by atoms with van der Waals surface area (Å²) in [5.74, 6) is -1.44. The third kappa shape index (κ3) is 31.6. The largest absolute Gasteiger partial charge is 0.487 e. The first kappa shape index (κ1) is 84.0. The lowest BCUT2D eigenvalue weighted by molar-refractivity contribution is 0.0694. The number of nitrogens with two attached hydrogens (primary N) is 1. The number of benzene rings is 1. The number of anilines is 1. The Bertz CT molecular complexity index is 1030. The van der Waals surface area contributed by atoms with Crippen LogP contribution in [0.3, 0.4) is 0 Å². The lowest BCUT2D eigenvalue weighted by Crippen LogP contribution is -2.31. The molecule has 1 aromatic carbocycles. The molecule has 2 aromatic rings. The van der Waals surface area contributed by atoms with Crippen LogP contribution in [0, 0.1) is 11.7 Å². The summed E-state index contributed by atoms with van der Waals surface area (Å²) in [6, 6.07) is 0.869. The molecule has 0 spiro atoms. The van der Waals surface area contributed by atoms with E-state index in [0.29, 0.717) is 24.3 Å². The number of hydrogen-bond acceptors (Lipinski definition) is 5. The quantitative estimate of drug-likeness (QED) is 0.291. The molecule has 3 atom stereocenters. The molecule has 4 rings (SSSR count). The van der Waals surface area contributed by atoms with Crippen molar-refractivity contribution in [2.45, 2.75) is 25.9 Å². The molecule has 3 heterocycles. The maximum atomic E-state index is 15.0. The Labute approximate surface area is 286 Å². The normalized spacial score (nSPS) is 13.1. The lowest BCUT2D eigenvalue weighted by Gasteiger charge is -2.31. The highest BCUT2D eigenvalue weighted by Gasteiger charge is 2.34. The number of carboxylic acid groups (broad SMARTS) is 1. The fraction of sp³-hybridized carbons (Fsp3) is 0.444. The SMILES string of the molecule is C[C@H]1CN(c2c(F)cc3c(=O)c(C(=O)O)cn4c3c2OC[C@@H]4C)C[C@H]1N.FF.FF.FF.FF.FF.FF.FF.FF.FF.FF.FF.FF.FF.FF.FF. The van der Waals surface area contributed by atoms with Crippen molar-refractivity contribution < 1.29 is 156 Å². The van der Waals surface area contributed by atoms with Gasteiger partial charge in [-0.1, -0.05) is 6.92 Å². The molecule has 3 N–H and O–H groups in total. The van der Waals surface area contributed by atoms with Crippen molar-refractivity contribution in [3.63, 3.8) is 0 Å². The van der Waals surface area contributed by atoms with Crippen molar-refractivity contribution in [1.29, 1.82) is 0 Å². The zero-order chi connectivity index (χ0) is 48.7. The van der Waals surface area contributed by atoms with Crippen LogP contribution >= 0.6 is 0 Å². The molecule has 56 heavy (non-hydrogen) atoms. The molecule has 0 saturated carbocycles. The van der Waals surface area contributed by atoms with Crippen molar-refractivity contribution in [2.24, 2.45) is 11.7 Å². The van der Waals surface area contributed by atoms with Gasteiger partial charge in [-0.25, -0.2) is 9.18 Å². The summed E-state index contributed by atoms with van der Waals surface area (Å²) < 4.78 is 263. The van der Waals surface area contributed by atoms with Crippen LogP contribution in [0.25, 0.3) is 10.9 Å². The molecule has 0 unspecified atom stereocenters. The highest BCUT2D eigenvalue weighted by Crippen LogP contribution is 2.43. The second-order valence-electron chi connectivity index (χ2n) is 7.22. The van der Waals surface area contributed by atoms with Gasteiger partial charge in [0.2, 0.25) is 5.43 Å². The molecule has 0 amide bonds. The van der Waals surface area contributed by atoms with Gasteiger partial charge in [-0.3, -0.25) is 4.79 Å². The summed E-state index contributed by atoms with van der Waals surface area (Å²) in [5.41, 5.74) is 5.72. The Morgan fingerprint density at radius 2 is 1.00 bits per heavy atom. The van der Waals surface area contributed by atoms with E-state index in [1.54, 1.807) is 4.57 Å². The number of ether oxygens (including phenoxy) is 1. The molecule has 38 heteroatoms. The number of carbonyl (C=O) groups is 1. The van der Waals surface area contributed by atoms with Crippen molar-refractivity contribution in [2.75, 3.05) is 24.6 Å². The van der Waals surface area contributed by atoms with Gasteiger partial charge in [-0.2, -0.15) is 0 Å². The summed E-state index contributed by atoms with van der Waals surface area (Å²) in [4.78, 5) is 25.8. The third-order valence-corrected chi connectivity index (χ3v) is 5.36. The van der Waals surface area contributed by atoms with E-state index in [-0.39, 0.29) is 41.3 Å². The molecule has 1 fully saturated rings. The number of hydrogen-bond donors (Lipinski definition) is 2. The van der Waals surface area contributed by atoms with Crippen LogP contribution in [0.4, 0.5) is 147 Å². The highest BCUT2D eigenvalue weighted by molar-refractivity contribution is 5.97. The second-order valence-corrected chi connectivity index (χ2v) is 7.22.